The van der Waals surface area contributed by atoms with Gasteiger partial charge < -0.3 is 14.8 Å². The Balaban J connectivity index is 3.02. The Hall–Kier alpha value is -2.22. The molecule has 0 radical (unpaired) electrons. The lowest BCUT2D eigenvalue weighted by molar-refractivity contribution is -0.386. The van der Waals surface area contributed by atoms with Gasteiger partial charge in [0.05, 0.1) is 30.2 Å². The highest BCUT2D eigenvalue weighted by Gasteiger charge is 2.16. The molecule has 0 aliphatic carbocycles. The Bertz CT molecular complexity index is 536. The van der Waals surface area contributed by atoms with Gasteiger partial charge in [-0.2, -0.15) is 0 Å². The van der Waals surface area contributed by atoms with Crippen LogP contribution in [0.15, 0.2) is 17.1 Å². The van der Waals surface area contributed by atoms with Gasteiger partial charge in [0.1, 0.15) is 0 Å². The fraction of sp³-hybridized carbons (Fsp3) is 0.400. The predicted molar refractivity (Wildman–Crippen MR) is 60.4 cm³/mol. The van der Waals surface area contributed by atoms with Gasteiger partial charge in [0.2, 0.25) is 0 Å². The molecular formula is C10H12N2O6. The average Bonchev–Trinajstić information content (AvgIpc) is 2.20. The number of nitro groups is 1. The number of aryl methyl sites for hydroxylation is 1. The first-order chi connectivity index (χ1) is 8.31. The number of aliphatic hydroxyl groups is 1. The van der Waals surface area contributed by atoms with Crippen molar-refractivity contribution in [3.05, 3.63) is 38.3 Å². The number of hydrogen-bond donors (Lipinski definition) is 2. The molecule has 1 aromatic heterocycles. The number of carbonyl (C=O) groups is 1. The van der Waals surface area contributed by atoms with Gasteiger partial charge in [-0.25, -0.2) is 0 Å². The Morgan fingerprint density at radius 2 is 2.22 bits per heavy atom. The van der Waals surface area contributed by atoms with Gasteiger partial charge in [0.15, 0.2) is 0 Å². The maximum atomic E-state index is 11.5. The molecule has 1 rings (SSSR count). The van der Waals surface area contributed by atoms with Crippen LogP contribution in [0.2, 0.25) is 0 Å². The van der Waals surface area contributed by atoms with Crippen molar-refractivity contribution in [1.29, 1.82) is 0 Å². The van der Waals surface area contributed by atoms with E-state index >= 15 is 0 Å². The Morgan fingerprint density at radius 1 is 1.61 bits per heavy atom. The number of hydrogen-bond acceptors (Lipinski definition) is 5. The fourth-order valence-corrected chi connectivity index (χ4v) is 1.48. The lowest BCUT2D eigenvalue weighted by Gasteiger charge is -2.10. The third-order valence-electron chi connectivity index (χ3n) is 2.32. The highest BCUT2D eigenvalue weighted by atomic mass is 16.6. The standard InChI is InChI=1S/C10H12N2O6/c1-6-2-9(14)11(5-8(6)12(17)18)4-7(13)3-10(15)16/h2,5,7,13H,3-4H2,1H3,(H,15,16). The monoisotopic (exact) mass is 256 g/mol. The normalized spacial score (nSPS) is 12.1. The molecule has 0 amide bonds. The molecule has 0 fully saturated rings. The maximum Gasteiger partial charge on any atom is 0.306 e. The van der Waals surface area contributed by atoms with Crippen LogP contribution >= 0.6 is 0 Å². The summed E-state index contributed by atoms with van der Waals surface area (Å²) in [5.74, 6) is -1.21. The number of carboxylic acids is 1. The van der Waals surface area contributed by atoms with Gasteiger partial charge in [-0.05, 0) is 6.92 Å². The summed E-state index contributed by atoms with van der Waals surface area (Å²) in [5, 5.41) is 28.5. The van der Waals surface area contributed by atoms with Gasteiger partial charge >= 0.3 is 5.97 Å². The molecule has 98 valence electrons. The van der Waals surface area contributed by atoms with Gasteiger partial charge in [-0.15, -0.1) is 0 Å². The summed E-state index contributed by atoms with van der Waals surface area (Å²) >= 11 is 0. The van der Waals surface area contributed by atoms with Gasteiger partial charge in [0.25, 0.3) is 11.2 Å². The summed E-state index contributed by atoms with van der Waals surface area (Å²) in [6, 6.07) is 1.08. The molecule has 2 N–H and O–H groups in total. The number of carboxylic acid groups (broad SMARTS) is 1. The smallest absolute Gasteiger partial charge is 0.306 e. The van der Waals surface area contributed by atoms with E-state index in [1.54, 1.807) is 0 Å². The minimum Gasteiger partial charge on any atom is -0.481 e. The number of aliphatic carboxylic acids is 1. The zero-order valence-corrected chi connectivity index (χ0v) is 9.57. The topological polar surface area (TPSA) is 123 Å². The van der Waals surface area contributed by atoms with Crippen LogP contribution in [0, 0.1) is 17.0 Å². The van der Waals surface area contributed by atoms with Crippen LogP contribution in [0.25, 0.3) is 0 Å². The summed E-state index contributed by atoms with van der Waals surface area (Å²) in [5.41, 5.74) is -0.561. The molecule has 8 nitrogen and oxygen atoms in total. The molecular weight excluding hydrogens is 244 g/mol. The van der Waals surface area contributed by atoms with E-state index in [2.05, 4.69) is 0 Å². The molecule has 8 heteroatoms. The summed E-state index contributed by atoms with van der Waals surface area (Å²) in [6.07, 6.45) is -0.806. The first-order valence-electron chi connectivity index (χ1n) is 5.06. The van der Waals surface area contributed by atoms with Crippen LogP contribution in [0.4, 0.5) is 5.69 Å². The molecule has 0 aliphatic rings. The highest BCUT2D eigenvalue weighted by molar-refractivity contribution is 5.67. The quantitative estimate of drug-likeness (QED) is 0.560. The Kier molecular flexibility index (Phi) is 4.16. The molecule has 1 atom stereocenters. The number of nitrogens with zero attached hydrogens (tertiary/aromatic N) is 2. The van der Waals surface area contributed by atoms with Crippen molar-refractivity contribution in [2.24, 2.45) is 0 Å². The summed E-state index contributed by atoms with van der Waals surface area (Å²) in [6.45, 7) is 1.13. The van der Waals surface area contributed by atoms with Crippen LogP contribution in [-0.2, 0) is 11.3 Å². The molecule has 1 aromatic rings. The van der Waals surface area contributed by atoms with E-state index in [-0.39, 0.29) is 17.8 Å². The summed E-state index contributed by atoms with van der Waals surface area (Å²) in [7, 11) is 0. The number of pyridine rings is 1. The Labute approximate surface area is 101 Å². The molecule has 1 unspecified atom stereocenters. The third-order valence-corrected chi connectivity index (χ3v) is 2.32. The van der Waals surface area contributed by atoms with Crippen LogP contribution < -0.4 is 5.56 Å². The SMILES string of the molecule is Cc1cc(=O)n(CC(O)CC(=O)O)cc1[N+](=O)[O-]. The zero-order valence-electron chi connectivity index (χ0n) is 9.57. The van der Waals surface area contributed by atoms with E-state index in [1.807, 2.05) is 0 Å². The van der Waals surface area contributed by atoms with Crippen LogP contribution in [0.1, 0.15) is 12.0 Å². The van der Waals surface area contributed by atoms with E-state index in [0.717, 1.165) is 16.8 Å². The highest BCUT2D eigenvalue weighted by Crippen LogP contribution is 2.14. The maximum absolute atomic E-state index is 11.5. The van der Waals surface area contributed by atoms with E-state index in [9.17, 15) is 24.8 Å². The van der Waals surface area contributed by atoms with Crippen molar-refractivity contribution in [2.45, 2.75) is 26.0 Å². The van der Waals surface area contributed by atoms with Crippen molar-refractivity contribution in [2.75, 3.05) is 0 Å². The van der Waals surface area contributed by atoms with Gasteiger partial charge in [-0.1, -0.05) is 0 Å². The molecule has 0 spiro atoms. The van der Waals surface area contributed by atoms with Crippen molar-refractivity contribution < 1.29 is 19.9 Å². The molecule has 0 aromatic carbocycles. The number of aromatic nitrogens is 1. The number of aliphatic hydroxyl groups excluding tert-OH is 1. The summed E-state index contributed by atoms with van der Waals surface area (Å²) in [4.78, 5) is 31.9. The average molecular weight is 256 g/mol. The second-order valence-electron chi connectivity index (χ2n) is 3.84. The lowest BCUT2D eigenvalue weighted by atomic mass is 10.2. The second-order valence-corrected chi connectivity index (χ2v) is 3.84. The molecule has 0 bridgehead atoms. The minimum atomic E-state index is -1.28. The second kappa shape index (κ2) is 5.41. The predicted octanol–water partition coefficient (Wildman–Crippen LogP) is -0.0995. The number of rotatable bonds is 5. The molecule has 0 aliphatic heterocycles. The van der Waals surface area contributed by atoms with Crippen molar-refractivity contribution >= 4 is 11.7 Å². The molecule has 18 heavy (non-hydrogen) atoms. The van der Waals surface area contributed by atoms with Crippen molar-refractivity contribution in [3.8, 4) is 0 Å². The van der Waals surface area contributed by atoms with Crippen LogP contribution in [0.5, 0.6) is 0 Å². The zero-order chi connectivity index (χ0) is 13.9. The Morgan fingerprint density at radius 3 is 2.72 bits per heavy atom. The lowest BCUT2D eigenvalue weighted by Crippen LogP contribution is -2.28. The third kappa shape index (κ3) is 3.39. The summed E-state index contributed by atoms with van der Waals surface area (Å²) < 4.78 is 0.929. The van der Waals surface area contributed by atoms with Crippen molar-refractivity contribution in [1.82, 2.24) is 4.57 Å². The largest absolute Gasteiger partial charge is 0.481 e. The van der Waals surface area contributed by atoms with E-state index in [1.165, 1.54) is 6.92 Å². The van der Waals surface area contributed by atoms with E-state index < -0.39 is 29.0 Å². The van der Waals surface area contributed by atoms with E-state index in [0.29, 0.717) is 0 Å². The molecule has 0 saturated carbocycles. The van der Waals surface area contributed by atoms with Crippen LogP contribution in [0.3, 0.4) is 0 Å². The molecule has 0 saturated heterocycles. The van der Waals surface area contributed by atoms with E-state index in [4.69, 9.17) is 5.11 Å². The fourth-order valence-electron chi connectivity index (χ4n) is 1.48. The van der Waals surface area contributed by atoms with Gasteiger partial charge in [0, 0.05) is 11.6 Å². The molecule has 1 heterocycles. The van der Waals surface area contributed by atoms with Gasteiger partial charge in [-0.3, -0.25) is 19.7 Å². The first kappa shape index (κ1) is 13.8. The minimum absolute atomic E-state index is 0.217. The van der Waals surface area contributed by atoms with Crippen LogP contribution in [-0.4, -0.2) is 31.8 Å². The van der Waals surface area contributed by atoms with Crippen molar-refractivity contribution in [3.63, 3.8) is 0 Å². The first-order valence-corrected chi connectivity index (χ1v) is 5.06.